The first-order chi connectivity index (χ1) is 39.1. The first kappa shape index (κ1) is 53.5. The van der Waals surface area contributed by atoms with Gasteiger partial charge in [0.1, 0.15) is 22.8 Å². The zero-order valence-corrected chi connectivity index (χ0v) is 46.0. The summed E-state index contributed by atoms with van der Waals surface area (Å²) in [6.07, 6.45) is 0. The number of nitrogens with zero attached hydrogens (tertiary/aromatic N) is 16. The molecule has 20 heteroatoms. The van der Waals surface area contributed by atoms with Crippen molar-refractivity contribution >= 4 is 0 Å². The fourth-order valence-corrected chi connectivity index (χ4v) is 9.62. The molecule has 12 bridgehead atoms. The minimum absolute atomic E-state index is 0.330. The summed E-state index contributed by atoms with van der Waals surface area (Å²) in [6, 6.07) is 43.7. The highest BCUT2D eigenvalue weighted by Gasteiger charge is 2.22. The molecule has 2 aliphatic heterocycles. The highest BCUT2D eigenvalue weighted by Crippen LogP contribution is 2.32. The lowest BCUT2D eigenvalue weighted by atomic mass is 10.1. The zero-order chi connectivity index (χ0) is 55.0. The average Bonchev–Trinajstić information content (AvgIpc) is 4.36. The lowest BCUT2D eigenvalue weighted by molar-refractivity contribution is 0.221. The SMILES string of the molecule is CN1CCN(C)Cc2ccccc2-c2nnc(o2)-c2cccc(n2)-c2nnc(o2)-c2ccccc2CN(C)CC1.CN1CCN(C)Cc2ccccc2-c2nnc(o2)-c2cccc(n2)-c2nnc(o2)-c2ccccc2CN(C)CC1. The lowest BCUT2D eigenvalue weighted by Crippen LogP contribution is -2.35. The molecule has 4 aromatic carbocycles. The second-order valence-corrected chi connectivity index (χ2v) is 20.7. The Morgan fingerprint density at radius 1 is 0.250 bits per heavy atom. The van der Waals surface area contributed by atoms with E-state index in [0.717, 1.165) is 123 Å². The average molecular weight is 1070 g/mol. The van der Waals surface area contributed by atoms with Crippen molar-refractivity contribution in [3.05, 3.63) is 156 Å². The maximum absolute atomic E-state index is 6.12. The fraction of sp³-hybridized carbons (Fsp3) is 0.300. The van der Waals surface area contributed by atoms with Gasteiger partial charge in [-0.1, -0.05) is 84.9 Å². The van der Waals surface area contributed by atoms with Crippen LogP contribution in [0.3, 0.4) is 0 Å². The Hall–Kier alpha value is -8.50. The number of hydrogen-bond acceptors (Lipinski definition) is 20. The first-order valence-corrected chi connectivity index (χ1v) is 26.8. The number of benzene rings is 4. The molecule has 2 aliphatic rings. The van der Waals surface area contributed by atoms with Crippen LogP contribution < -0.4 is 0 Å². The van der Waals surface area contributed by atoms with E-state index >= 15 is 0 Å². The van der Waals surface area contributed by atoms with Gasteiger partial charge in [0.2, 0.25) is 23.6 Å². The Kier molecular flexibility index (Phi) is 16.5. The van der Waals surface area contributed by atoms with Crippen molar-refractivity contribution in [1.29, 1.82) is 0 Å². The summed E-state index contributed by atoms with van der Waals surface area (Å²) in [4.78, 5) is 23.4. The molecule has 0 spiro atoms. The van der Waals surface area contributed by atoms with Crippen LogP contribution in [0.2, 0.25) is 0 Å². The molecule has 8 heterocycles. The minimum atomic E-state index is 0.330. The Bertz CT molecular complexity index is 3200. The zero-order valence-electron chi connectivity index (χ0n) is 46.0. The van der Waals surface area contributed by atoms with E-state index in [1.54, 1.807) is 0 Å². The van der Waals surface area contributed by atoms with Crippen LogP contribution in [0.25, 0.3) is 92.2 Å². The fourth-order valence-electron chi connectivity index (χ4n) is 9.62. The van der Waals surface area contributed by atoms with E-state index in [2.05, 4.69) is 137 Å². The summed E-state index contributed by atoms with van der Waals surface area (Å²) in [6.45, 7) is 10.6. The quantitative estimate of drug-likeness (QED) is 0.139. The molecule has 80 heavy (non-hydrogen) atoms. The molecule has 408 valence electrons. The van der Waals surface area contributed by atoms with Crippen LogP contribution in [0.1, 0.15) is 22.3 Å². The van der Waals surface area contributed by atoms with E-state index in [4.69, 9.17) is 27.6 Å². The Labute approximate surface area is 464 Å². The van der Waals surface area contributed by atoms with Crippen molar-refractivity contribution in [2.45, 2.75) is 26.2 Å². The van der Waals surface area contributed by atoms with Gasteiger partial charge in [-0.15, -0.1) is 40.8 Å². The third-order valence-corrected chi connectivity index (χ3v) is 14.3. The second-order valence-electron chi connectivity index (χ2n) is 20.7. The Morgan fingerprint density at radius 2 is 0.463 bits per heavy atom. The number of rotatable bonds is 0. The van der Waals surface area contributed by atoms with Crippen molar-refractivity contribution in [2.24, 2.45) is 0 Å². The number of likely N-dealkylation sites (N-methyl/N-ethyl adjacent to an activating group) is 6. The van der Waals surface area contributed by atoms with E-state index < -0.39 is 0 Å². The summed E-state index contributed by atoms with van der Waals surface area (Å²) in [5.74, 6) is 3.17. The molecule has 0 saturated carbocycles. The second kappa shape index (κ2) is 24.7. The van der Waals surface area contributed by atoms with Gasteiger partial charge >= 0.3 is 0 Å². The van der Waals surface area contributed by atoms with Gasteiger partial charge in [-0.3, -0.25) is 0 Å². The van der Waals surface area contributed by atoms with Gasteiger partial charge in [0, 0.05) is 101 Å². The van der Waals surface area contributed by atoms with Crippen LogP contribution in [0.5, 0.6) is 0 Å². The highest BCUT2D eigenvalue weighted by molar-refractivity contribution is 5.65. The van der Waals surface area contributed by atoms with Gasteiger partial charge < -0.3 is 47.1 Å². The van der Waals surface area contributed by atoms with E-state index in [9.17, 15) is 0 Å². The van der Waals surface area contributed by atoms with Crippen molar-refractivity contribution < 1.29 is 17.7 Å². The standard InChI is InChI=1S/2C30H32N8O2/c2*1-36-15-17-37(2)19-21-9-4-6-11-23(21)27-32-34-29(39-27)25-13-8-14-26(31-25)30-35-33-28(40-30)24-12-7-5-10-22(24)20-38(3)18-16-36/h2*4-14H,15-20H2,1-3H3. The van der Waals surface area contributed by atoms with Crippen molar-refractivity contribution in [3.8, 4) is 92.2 Å². The lowest BCUT2D eigenvalue weighted by Gasteiger charge is -2.25. The molecule has 0 aliphatic carbocycles. The van der Waals surface area contributed by atoms with Gasteiger partial charge in [0.05, 0.1) is 0 Å². The van der Waals surface area contributed by atoms with Crippen LogP contribution in [-0.2, 0) is 26.2 Å². The first-order valence-electron chi connectivity index (χ1n) is 26.8. The van der Waals surface area contributed by atoms with Crippen molar-refractivity contribution in [3.63, 3.8) is 0 Å². The van der Waals surface area contributed by atoms with Crippen molar-refractivity contribution in [2.75, 3.05) is 94.6 Å². The van der Waals surface area contributed by atoms with E-state index in [0.29, 0.717) is 69.9 Å². The molecule has 20 nitrogen and oxygen atoms in total. The molecular weight excluding hydrogens is 1010 g/mol. The van der Waals surface area contributed by atoms with Crippen LogP contribution in [0.15, 0.2) is 151 Å². The van der Waals surface area contributed by atoms with E-state index in [1.807, 2.05) is 109 Å². The van der Waals surface area contributed by atoms with Crippen LogP contribution in [-0.4, -0.2) is 175 Å². The summed E-state index contributed by atoms with van der Waals surface area (Å²) >= 11 is 0. The molecule has 0 atom stereocenters. The molecule has 0 fully saturated rings. The predicted octanol–water partition coefficient (Wildman–Crippen LogP) is 8.65. The maximum atomic E-state index is 6.12. The molecule has 0 radical (unpaired) electrons. The smallest absolute Gasteiger partial charge is 0.266 e. The summed E-state index contributed by atoms with van der Waals surface area (Å²) < 4.78 is 24.5. The van der Waals surface area contributed by atoms with Gasteiger partial charge in [-0.05, 0) is 113 Å². The van der Waals surface area contributed by atoms with Crippen LogP contribution >= 0.6 is 0 Å². The van der Waals surface area contributed by atoms with E-state index in [1.165, 1.54) is 0 Å². The van der Waals surface area contributed by atoms with E-state index in [-0.39, 0.29) is 0 Å². The van der Waals surface area contributed by atoms with Gasteiger partial charge in [0.15, 0.2) is 0 Å². The Balaban J connectivity index is 0.000000169. The molecule has 0 amide bonds. The number of hydrogen-bond donors (Lipinski definition) is 0. The number of fused-ring (bicyclic) bond motifs is 24. The predicted molar refractivity (Wildman–Crippen MR) is 304 cm³/mol. The molecule has 6 aromatic heterocycles. The van der Waals surface area contributed by atoms with Crippen LogP contribution in [0.4, 0.5) is 0 Å². The van der Waals surface area contributed by atoms with Crippen molar-refractivity contribution in [1.82, 2.24) is 80.2 Å². The van der Waals surface area contributed by atoms with Gasteiger partial charge in [-0.2, -0.15) is 0 Å². The molecule has 12 rings (SSSR count). The molecule has 10 aromatic rings. The third-order valence-electron chi connectivity index (χ3n) is 14.3. The number of aromatic nitrogens is 10. The summed E-state index contributed by atoms with van der Waals surface area (Å²) in [5, 5.41) is 34.7. The topological polar surface area (TPSA) is 201 Å². The largest absolute Gasteiger partial charge is 0.415 e. The molecule has 0 N–H and O–H groups in total. The minimum Gasteiger partial charge on any atom is -0.415 e. The highest BCUT2D eigenvalue weighted by atomic mass is 16.4. The summed E-state index contributed by atoms with van der Waals surface area (Å²) in [5.41, 5.74) is 10.3. The van der Waals surface area contributed by atoms with Gasteiger partial charge in [0.25, 0.3) is 23.6 Å². The third kappa shape index (κ3) is 12.8. The molecule has 0 saturated heterocycles. The van der Waals surface area contributed by atoms with Gasteiger partial charge in [-0.25, -0.2) is 9.97 Å². The molecule has 0 unspecified atom stereocenters. The Morgan fingerprint density at radius 3 is 0.713 bits per heavy atom. The maximum Gasteiger partial charge on any atom is 0.266 e. The number of pyridine rings is 2. The molecular formula is C60H64N16O4. The van der Waals surface area contributed by atoms with Crippen LogP contribution in [0, 0.1) is 0 Å². The summed E-state index contributed by atoms with van der Waals surface area (Å²) in [7, 11) is 12.9. The normalized spacial score (nSPS) is 16.0. The monoisotopic (exact) mass is 1070 g/mol.